The van der Waals surface area contributed by atoms with Crippen LogP contribution in [-0.4, -0.2) is 51.8 Å². The van der Waals surface area contributed by atoms with E-state index in [4.69, 9.17) is 0 Å². The second-order valence-electron chi connectivity index (χ2n) is 6.04. The smallest absolute Gasteiger partial charge is 0.211 e. The first-order valence-electron chi connectivity index (χ1n) is 7.68. The third-order valence-electron chi connectivity index (χ3n) is 4.33. The summed E-state index contributed by atoms with van der Waals surface area (Å²) in [6.45, 7) is 1.20. The van der Waals surface area contributed by atoms with Gasteiger partial charge >= 0.3 is 0 Å². The van der Waals surface area contributed by atoms with Gasteiger partial charge in [0.15, 0.2) is 0 Å². The van der Waals surface area contributed by atoms with Crippen LogP contribution in [0.5, 0.6) is 0 Å². The van der Waals surface area contributed by atoms with Crippen LogP contribution in [0, 0.1) is 5.92 Å². The molecule has 0 aliphatic carbocycles. The molecule has 0 amide bonds. The summed E-state index contributed by atoms with van der Waals surface area (Å²) >= 11 is 0. The van der Waals surface area contributed by atoms with E-state index in [-0.39, 0.29) is 0 Å². The average molecular weight is 335 g/mol. The minimum absolute atomic E-state index is 0.463. The van der Waals surface area contributed by atoms with Crippen molar-refractivity contribution in [3.8, 4) is 11.4 Å². The summed E-state index contributed by atoms with van der Waals surface area (Å²) in [7, 11) is -1.18. The summed E-state index contributed by atoms with van der Waals surface area (Å²) in [6.07, 6.45) is 9.19. The summed E-state index contributed by atoms with van der Waals surface area (Å²) < 4.78 is 26.4. The highest BCUT2D eigenvalue weighted by Crippen LogP contribution is 2.22. The van der Waals surface area contributed by atoms with Gasteiger partial charge in [-0.3, -0.25) is 14.6 Å². The zero-order valence-electron chi connectivity index (χ0n) is 13.4. The predicted molar refractivity (Wildman–Crippen MR) is 87.1 cm³/mol. The number of aromatic nitrogens is 4. The molecular weight excluding hydrogens is 314 g/mol. The molecule has 0 N–H and O–H groups in total. The van der Waals surface area contributed by atoms with Gasteiger partial charge in [0.25, 0.3) is 0 Å². The quantitative estimate of drug-likeness (QED) is 0.835. The van der Waals surface area contributed by atoms with Gasteiger partial charge in [-0.25, -0.2) is 12.7 Å². The maximum atomic E-state index is 11.5. The first kappa shape index (κ1) is 16.1. The summed E-state index contributed by atoms with van der Waals surface area (Å²) in [6, 6.07) is 1.91. The highest BCUT2D eigenvalue weighted by atomic mass is 32.2. The van der Waals surface area contributed by atoms with Crippen LogP contribution in [0.2, 0.25) is 0 Å². The molecule has 0 atom stereocenters. The van der Waals surface area contributed by atoms with Gasteiger partial charge in [-0.15, -0.1) is 0 Å². The van der Waals surface area contributed by atoms with Crippen molar-refractivity contribution in [2.24, 2.45) is 13.0 Å². The van der Waals surface area contributed by atoms with Crippen LogP contribution in [0.25, 0.3) is 11.4 Å². The largest absolute Gasteiger partial charge is 0.266 e. The Morgan fingerprint density at radius 2 is 1.96 bits per heavy atom. The maximum Gasteiger partial charge on any atom is 0.211 e. The maximum absolute atomic E-state index is 11.5. The van der Waals surface area contributed by atoms with E-state index in [1.807, 2.05) is 19.3 Å². The van der Waals surface area contributed by atoms with Gasteiger partial charge in [-0.1, -0.05) is 0 Å². The van der Waals surface area contributed by atoms with Crippen LogP contribution in [0.15, 0.2) is 24.7 Å². The van der Waals surface area contributed by atoms with Crippen molar-refractivity contribution < 1.29 is 8.42 Å². The minimum atomic E-state index is -3.06. The third-order valence-corrected chi connectivity index (χ3v) is 5.63. The van der Waals surface area contributed by atoms with Crippen molar-refractivity contribution in [2.45, 2.75) is 19.3 Å². The Morgan fingerprint density at radius 1 is 1.22 bits per heavy atom. The number of hydrogen-bond acceptors (Lipinski definition) is 5. The fraction of sp³-hybridized carbons (Fsp3) is 0.533. The fourth-order valence-electron chi connectivity index (χ4n) is 2.96. The van der Waals surface area contributed by atoms with Crippen LogP contribution < -0.4 is 0 Å². The predicted octanol–water partition coefficient (Wildman–Crippen LogP) is 1.09. The monoisotopic (exact) mass is 335 g/mol. The lowest BCUT2D eigenvalue weighted by Crippen LogP contribution is -2.38. The third kappa shape index (κ3) is 3.76. The molecule has 3 rings (SSSR count). The number of nitrogens with zero attached hydrogens (tertiary/aromatic N) is 5. The van der Waals surface area contributed by atoms with Crippen LogP contribution in [0.3, 0.4) is 0 Å². The Morgan fingerprint density at radius 3 is 2.48 bits per heavy atom. The standard InChI is InChI=1S/C15H21N5O2S/c1-19-15(3-6-18-19)14-11-16-13(10-17-14)9-12-4-7-20(8-5-12)23(2,21)22/h3,6,10-12H,4-5,7-9H2,1-2H3. The van der Waals surface area contributed by atoms with Gasteiger partial charge in [0, 0.05) is 32.5 Å². The molecule has 2 aromatic heterocycles. The van der Waals surface area contributed by atoms with E-state index < -0.39 is 10.0 Å². The Hall–Kier alpha value is -1.80. The van der Waals surface area contributed by atoms with E-state index in [2.05, 4.69) is 15.1 Å². The molecule has 1 aliphatic heterocycles. The Bertz CT molecular complexity index is 761. The normalized spacial score (nSPS) is 17.5. The van der Waals surface area contributed by atoms with Gasteiger partial charge < -0.3 is 0 Å². The summed E-state index contributed by atoms with van der Waals surface area (Å²) in [5.74, 6) is 0.463. The molecule has 0 unspecified atom stereocenters. The molecule has 0 spiro atoms. The number of piperidine rings is 1. The minimum Gasteiger partial charge on any atom is -0.266 e. The van der Waals surface area contributed by atoms with Crippen molar-refractivity contribution >= 4 is 10.0 Å². The molecule has 3 heterocycles. The molecule has 124 valence electrons. The van der Waals surface area contributed by atoms with Crippen molar-refractivity contribution in [3.63, 3.8) is 0 Å². The molecule has 0 saturated carbocycles. The first-order chi connectivity index (χ1) is 10.9. The number of sulfonamides is 1. The summed E-state index contributed by atoms with van der Waals surface area (Å²) in [4.78, 5) is 8.97. The van der Waals surface area contributed by atoms with Gasteiger partial charge in [-0.2, -0.15) is 5.10 Å². The van der Waals surface area contributed by atoms with Crippen LogP contribution in [0.4, 0.5) is 0 Å². The van der Waals surface area contributed by atoms with E-state index in [9.17, 15) is 8.42 Å². The number of rotatable bonds is 4. The van der Waals surface area contributed by atoms with Gasteiger partial charge in [-0.05, 0) is 31.2 Å². The molecule has 1 fully saturated rings. The second-order valence-corrected chi connectivity index (χ2v) is 8.03. The van der Waals surface area contributed by atoms with Crippen LogP contribution >= 0.6 is 0 Å². The van der Waals surface area contributed by atoms with Gasteiger partial charge in [0.05, 0.1) is 23.8 Å². The zero-order valence-corrected chi connectivity index (χ0v) is 14.2. The number of hydrogen-bond donors (Lipinski definition) is 0. The van der Waals surface area contributed by atoms with E-state index in [1.165, 1.54) is 6.26 Å². The van der Waals surface area contributed by atoms with Crippen molar-refractivity contribution in [3.05, 3.63) is 30.4 Å². The Balaban J connectivity index is 1.61. The average Bonchev–Trinajstić information content (AvgIpc) is 2.94. The topological polar surface area (TPSA) is 81.0 Å². The molecule has 1 aliphatic rings. The van der Waals surface area contributed by atoms with E-state index in [0.29, 0.717) is 19.0 Å². The SMILES string of the molecule is Cn1nccc1-c1cnc(CC2CCN(S(C)(=O)=O)CC2)cn1. The molecular formula is C15H21N5O2S. The van der Waals surface area contributed by atoms with E-state index in [0.717, 1.165) is 36.3 Å². The van der Waals surface area contributed by atoms with Crippen molar-refractivity contribution in [2.75, 3.05) is 19.3 Å². The van der Waals surface area contributed by atoms with Gasteiger partial charge in [0.2, 0.25) is 10.0 Å². The van der Waals surface area contributed by atoms with Crippen molar-refractivity contribution in [1.82, 2.24) is 24.1 Å². The lowest BCUT2D eigenvalue weighted by Gasteiger charge is -2.29. The molecule has 0 aromatic carbocycles. The van der Waals surface area contributed by atoms with Crippen LogP contribution in [-0.2, 0) is 23.5 Å². The molecule has 1 saturated heterocycles. The highest BCUT2D eigenvalue weighted by molar-refractivity contribution is 7.88. The lowest BCUT2D eigenvalue weighted by atomic mass is 9.93. The second kappa shape index (κ2) is 6.37. The van der Waals surface area contributed by atoms with E-state index >= 15 is 0 Å². The Kier molecular flexibility index (Phi) is 4.45. The van der Waals surface area contributed by atoms with Crippen LogP contribution in [0.1, 0.15) is 18.5 Å². The molecule has 23 heavy (non-hydrogen) atoms. The molecule has 7 nitrogen and oxygen atoms in total. The first-order valence-corrected chi connectivity index (χ1v) is 9.53. The zero-order chi connectivity index (χ0) is 16.4. The molecule has 8 heteroatoms. The number of aryl methyl sites for hydroxylation is 1. The molecule has 2 aromatic rings. The molecule has 0 bridgehead atoms. The summed E-state index contributed by atoms with van der Waals surface area (Å²) in [5, 5.41) is 4.13. The fourth-order valence-corrected chi connectivity index (χ4v) is 3.83. The van der Waals surface area contributed by atoms with Gasteiger partial charge in [0.1, 0.15) is 5.69 Å². The van der Waals surface area contributed by atoms with Crippen molar-refractivity contribution in [1.29, 1.82) is 0 Å². The Labute approximate surface area is 136 Å². The van der Waals surface area contributed by atoms with E-state index in [1.54, 1.807) is 21.4 Å². The summed E-state index contributed by atoms with van der Waals surface area (Å²) in [5.41, 5.74) is 2.69. The highest BCUT2D eigenvalue weighted by Gasteiger charge is 2.25. The molecule has 0 radical (unpaired) electrons. The lowest BCUT2D eigenvalue weighted by molar-refractivity contribution is 0.273.